The van der Waals surface area contributed by atoms with Crippen molar-refractivity contribution in [1.29, 1.82) is 0 Å². The first-order valence-corrected chi connectivity index (χ1v) is 5.76. The molecule has 0 aliphatic carbocycles. The fourth-order valence-electron chi connectivity index (χ4n) is 1.26. The summed E-state index contributed by atoms with van der Waals surface area (Å²) in [7, 11) is 0. The third-order valence-corrected chi connectivity index (χ3v) is 2.26. The maximum atomic E-state index is 11.3. The van der Waals surface area contributed by atoms with Crippen LogP contribution < -0.4 is 5.32 Å². The van der Waals surface area contributed by atoms with Crippen molar-refractivity contribution in [2.75, 3.05) is 17.8 Å². The molecule has 0 aliphatic rings. The molecule has 88 valence electrons. The van der Waals surface area contributed by atoms with Crippen molar-refractivity contribution in [3.8, 4) is 0 Å². The maximum absolute atomic E-state index is 11.3. The van der Waals surface area contributed by atoms with Gasteiger partial charge in [-0.3, -0.25) is 5.32 Å². The Kier molecular flexibility index (Phi) is 5.12. The number of halogens is 1. The van der Waals surface area contributed by atoms with E-state index >= 15 is 0 Å². The predicted octanol–water partition coefficient (Wildman–Crippen LogP) is 3.60. The third-order valence-electron chi connectivity index (χ3n) is 2.11. The Morgan fingerprint density at radius 1 is 1.50 bits per heavy atom. The minimum absolute atomic E-state index is 0.220. The minimum atomic E-state index is -0.471. The number of ether oxygens (including phenoxy) is 1. The van der Waals surface area contributed by atoms with Gasteiger partial charge in [0.25, 0.3) is 0 Å². The van der Waals surface area contributed by atoms with Crippen LogP contribution in [0.2, 0.25) is 0 Å². The predicted molar refractivity (Wildman–Crippen MR) is 66.2 cm³/mol. The molecule has 1 aromatic rings. The molecule has 4 heteroatoms. The number of amides is 1. The van der Waals surface area contributed by atoms with E-state index in [0.717, 1.165) is 5.69 Å². The van der Waals surface area contributed by atoms with Crippen LogP contribution in [0.15, 0.2) is 24.3 Å². The summed E-state index contributed by atoms with van der Waals surface area (Å²) in [6.45, 7) is 4.42. The van der Waals surface area contributed by atoms with Crippen LogP contribution in [0, 0.1) is 0 Å². The van der Waals surface area contributed by atoms with Crippen molar-refractivity contribution in [2.24, 2.45) is 0 Å². The van der Waals surface area contributed by atoms with Gasteiger partial charge in [-0.2, -0.15) is 0 Å². The molecule has 0 saturated carbocycles. The SMILES string of the molecule is CC(C)c1cccc(NC(=O)OCCCl)c1. The van der Waals surface area contributed by atoms with Gasteiger partial charge in [-0.15, -0.1) is 11.6 Å². The van der Waals surface area contributed by atoms with E-state index in [2.05, 4.69) is 19.2 Å². The standard InChI is InChI=1S/C12H16ClNO2/c1-9(2)10-4-3-5-11(8-10)14-12(15)16-7-6-13/h3-5,8-9H,6-7H2,1-2H3,(H,14,15). The molecule has 1 aromatic carbocycles. The van der Waals surface area contributed by atoms with Gasteiger partial charge in [0.2, 0.25) is 0 Å². The monoisotopic (exact) mass is 241 g/mol. The lowest BCUT2D eigenvalue weighted by Crippen LogP contribution is -2.15. The van der Waals surface area contributed by atoms with Gasteiger partial charge in [0.1, 0.15) is 6.61 Å². The minimum Gasteiger partial charge on any atom is -0.448 e. The van der Waals surface area contributed by atoms with Gasteiger partial charge >= 0.3 is 6.09 Å². The van der Waals surface area contributed by atoms with Gasteiger partial charge in [0.05, 0.1) is 5.88 Å². The first kappa shape index (κ1) is 12.8. The van der Waals surface area contributed by atoms with E-state index in [1.807, 2.05) is 24.3 Å². The van der Waals surface area contributed by atoms with Crippen molar-refractivity contribution >= 4 is 23.4 Å². The van der Waals surface area contributed by atoms with E-state index in [9.17, 15) is 4.79 Å². The van der Waals surface area contributed by atoms with Gasteiger partial charge in [0.15, 0.2) is 0 Å². The molecule has 1 amide bonds. The topological polar surface area (TPSA) is 38.3 Å². The summed E-state index contributed by atoms with van der Waals surface area (Å²) < 4.78 is 4.81. The summed E-state index contributed by atoms with van der Waals surface area (Å²) in [5.41, 5.74) is 1.92. The van der Waals surface area contributed by atoms with E-state index in [1.165, 1.54) is 5.56 Å². The maximum Gasteiger partial charge on any atom is 0.411 e. The molecule has 0 spiro atoms. The van der Waals surface area contributed by atoms with Crippen molar-refractivity contribution < 1.29 is 9.53 Å². The van der Waals surface area contributed by atoms with Crippen molar-refractivity contribution in [3.63, 3.8) is 0 Å². The fourth-order valence-corrected chi connectivity index (χ4v) is 1.34. The number of hydrogen-bond donors (Lipinski definition) is 1. The Bertz CT molecular complexity index is 353. The summed E-state index contributed by atoms with van der Waals surface area (Å²) in [5, 5.41) is 2.65. The summed E-state index contributed by atoms with van der Waals surface area (Å²) in [6.07, 6.45) is -0.471. The van der Waals surface area contributed by atoms with E-state index in [1.54, 1.807) is 0 Å². The molecule has 0 bridgehead atoms. The molecule has 0 atom stereocenters. The molecule has 0 fully saturated rings. The zero-order valence-electron chi connectivity index (χ0n) is 9.50. The van der Waals surface area contributed by atoms with Gasteiger partial charge in [-0.05, 0) is 23.6 Å². The average Bonchev–Trinajstić information content (AvgIpc) is 2.26. The molecule has 0 unspecified atom stereocenters. The highest BCUT2D eigenvalue weighted by molar-refractivity contribution is 6.18. The smallest absolute Gasteiger partial charge is 0.411 e. The number of rotatable bonds is 4. The van der Waals surface area contributed by atoms with Crippen LogP contribution in [0.3, 0.4) is 0 Å². The fraction of sp³-hybridized carbons (Fsp3) is 0.417. The number of carbonyl (C=O) groups excluding carboxylic acids is 1. The van der Waals surface area contributed by atoms with Crippen LogP contribution >= 0.6 is 11.6 Å². The molecular weight excluding hydrogens is 226 g/mol. The molecule has 16 heavy (non-hydrogen) atoms. The lowest BCUT2D eigenvalue weighted by molar-refractivity contribution is 0.168. The molecule has 0 saturated heterocycles. The Morgan fingerprint density at radius 2 is 2.25 bits per heavy atom. The number of carbonyl (C=O) groups is 1. The Morgan fingerprint density at radius 3 is 2.88 bits per heavy atom. The van der Waals surface area contributed by atoms with Crippen LogP contribution in [-0.4, -0.2) is 18.6 Å². The third kappa shape index (κ3) is 4.11. The molecule has 1 N–H and O–H groups in total. The van der Waals surface area contributed by atoms with Crippen LogP contribution in [0.5, 0.6) is 0 Å². The van der Waals surface area contributed by atoms with E-state index in [-0.39, 0.29) is 6.61 Å². The summed E-state index contributed by atoms with van der Waals surface area (Å²) in [4.78, 5) is 11.3. The average molecular weight is 242 g/mol. The van der Waals surface area contributed by atoms with E-state index in [4.69, 9.17) is 16.3 Å². The van der Waals surface area contributed by atoms with Crippen LogP contribution in [-0.2, 0) is 4.74 Å². The van der Waals surface area contributed by atoms with Crippen LogP contribution in [0.1, 0.15) is 25.3 Å². The van der Waals surface area contributed by atoms with Gasteiger partial charge < -0.3 is 4.74 Å². The summed E-state index contributed by atoms with van der Waals surface area (Å²) in [6, 6.07) is 7.70. The number of hydrogen-bond acceptors (Lipinski definition) is 2. The molecule has 0 radical (unpaired) electrons. The normalized spacial score (nSPS) is 10.2. The van der Waals surface area contributed by atoms with Crippen molar-refractivity contribution in [3.05, 3.63) is 29.8 Å². The van der Waals surface area contributed by atoms with E-state index in [0.29, 0.717) is 11.8 Å². The van der Waals surface area contributed by atoms with E-state index < -0.39 is 6.09 Å². The largest absolute Gasteiger partial charge is 0.448 e. The zero-order chi connectivity index (χ0) is 12.0. The van der Waals surface area contributed by atoms with Crippen LogP contribution in [0.4, 0.5) is 10.5 Å². The number of anilines is 1. The molecule has 3 nitrogen and oxygen atoms in total. The molecule has 0 aromatic heterocycles. The first-order valence-electron chi connectivity index (χ1n) is 5.23. The highest BCUT2D eigenvalue weighted by Gasteiger charge is 2.04. The number of nitrogens with one attached hydrogen (secondary N) is 1. The van der Waals surface area contributed by atoms with Gasteiger partial charge in [-0.1, -0.05) is 26.0 Å². The second-order valence-corrected chi connectivity index (χ2v) is 4.11. The molecule has 1 rings (SSSR count). The molecule has 0 aliphatic heterocycles. The lowest BCUT2D eigenvalue weighted by atomic mass is 10.0. The summed E-state index contributed by atoms with van der Waals surface area (Å²) in [5.74, 6) is 0.736. The second-order valence-electron chi connectivity index (χ2n) is 3.73. The Balaban J connectivity index is 2.59. The highest BCUT2D eigenvalue weighted by Crippen LogP contribution is 2.18. The second kappa shape index (κ2) is 6.38. The highest BCUT2D eigenvalue weighted by atomic mass is 35.5. The Labute approximate surface area is 101 Å². The van der Waals surface area contributed by atoms with Gasteiger partial charge in [0, 0.05) is 5.69 Å². The van der Waals surface area contributed by atoms with Crippen molar-refractivity contribution in [2.45, 2.75) is 19.8 Å². The first-order chi connectivity index (χ1) is 7.63. The molecule has 0 heterocycles. The quantitative estimate of drug-likeness (QED) is 0.818. The molecular formula is C12H16ClNO2. The number of alkyl halides is 1. The van der Waals surface area contributed by atoms with Gasteiger partial charge in [-0.25, -0.2) is 4.79 Å². The Hall–Kier alpha value is -1.22. The summed E-state index contributed by atoms with van der Waals surface area (Å²) >= 11 is 5.41. The number of benzene rings is 1. The van der Waals surface area contributed by atoms with Crippen LogP contribution in [0.25, 0.3) is 0 Å². The zero-order valence-corrected chi connectivity index (χ0v) is 10.3. The lowest BCUT2D eigenvalue weighted by Gasteiger charge is -2.09. The van der Waals surface area contributed by atoms with Crippen molar-refractivity contribution in [1.82, 2.24) is 0 Å².